The van der Waals surface area contributed by atoms with Crippen molar-refractivity contribution in [3.63, 3.8) is 0 Å². The molecule has 0 spiro atoms. The summed E-state index contributed by atoms with van der Waals surface area (Å²) in [5, 5.41) is 3.47. The summed E-state index contributed by atoms with van der Waals surface area (Å²) in [4.78, 5) is 0. The average molecular weight is 261 g/mol. The topological polar surface area (TPSA) is 12.0 Å². The Balaban J connectivity index is 0.000000980. The number of fused-ring (bicyclic) bond motifs is 1. The molecular weight excluding hydrogens is 247 g/mol. The zero-order chi connectivity index (χ0) is 9.47. The molecule has 2 heteroatoms. The van der Waals surface area contributed by atoms with Crippen molar-refractivity contribution in [2.75, 3.05) is 5.32 Å². The Morgan fingerprint density at radius 3 is 2.79 bits per heavy atom. The molecule has 1 aliphatic rings. The van der Waals surface area contributed by atoms with Gasteiger partial charge in [-0.15, -0.1) is 11.6 Å². The van der Waals surface area contributed by atoms with Crippen LogP contribution in [0.1, 0.15) is 26.3 Å². The smallest absolute Gasteiger partial charge is 0.0475 e. The maximum Gasteiger partial charge on any atom is 0.0475 e. The molecule has 1 heterocycles. The molecule has 0 bridgehead atoms. The second-order valence-corrected chi connectivity index (χ2v) is 4.15. The van der Waals surface area contributed by atoms with E-state index < -0.39 is 0 Å². The molecule has 0 unspecified atom stereocenters. The Kier molecular flexibility index (Phi) is 3.55. The van der Waals surface area contributed by atoms with Crippen LogP contribution < -0.4 is 5.32 Å². The van der Waals surface area contributed by atoms with Gasteiger partial charge in [-0.1, -0.05) is 24.3 Å². The fourth-order valence-corrected chi connectivity index (χ4v) is 1.87. The van der Waals surface area contributed by atoms with Crippen LogP contribution in [0.25, 0.3) is 5.57 Å². The molecule has 0 saturated carbocycles. The Labute approximate surface area is 111 Å². The van der Waals surface area contributed by atoms with Crippen molar-refractivity contribution in [1.29, 1.82) is 0 Å². The van der Waals surface area contributed by atoms with Crippen molar-refractivity contribution in [2.24, 2.45) is 0 Å². The molecule has 1 aliphatic heterocycles. The summed E-state index contributed by atoms with van der Waals surface area (Å²) in [6.45, 7) is 6.50. The van der Waals surface area contributed by atoms with Crippen molar-refractivity contribution in [1.82, 2.24) is 0 Å². The zero-order valence-corrected chi connectivity index (χ0v) is 11.7. The molecule has 0 atom stereocenters. The van der Waals surface area contributed by atoms with E-state index in [1.165, 1.54) is 16.8 Å². The van der Waals surface area contributed by atoms with E-state index >= 15 is 0 Å². The summed E-state index contributed by atoms with van der Waals surface area (Å²) < 4.78 is 0. The van der Waals surface area contributed by atoms with Gasteiger partial charge in [0.05, 0.1) is 0 Å². The Bertz CT molecular complexity index is 366. The summed E-state index contributed by atoms with van der Waals surface area (Å²) in [7, 11) is 0. The van der Waals surface area contributed by atoms with E-state index in [1.807, 2.05) is 12.1 Å². The van der Waals surface area contributed by atoms with Crippen molar-refractivity contribution >= 4 is 11.3 Å². The second-order valence-electron chi connectivity index (χ2n) is 4.15. The number of nitrogens with one attached hydrogen (secondary N) is 1. The quantitative estimate of drug-likeness (QED) is 0.708. The van der Waals surface area contributed by atoms with E-state index in [4.69, 9.17) is 0 Å². The minimum atomic E-state index is 0. The summed E-state index contributed by atoms with van der Waals surface area (Å²) >= 11 is 0. The first-order valence-electron chi connectivity index (χ1n) is 4.57. The molecule has 2 rings (SSSR count). The van der Waals surface area contributed by atoms with Gasteiger partial charge in [-0.3, -0.25) is 0 Å². The van der Waals surface area contributed by atoms with E-state index in [0.717, 1.165) is 0 Å². The van der Waals surface area contributed by atoms with Crippen LogP contribution in [0.3, 0.4) is 0 Å². The number of anilines is 1. The van der Waals surface area contributed by atoms with Gasteiger partial charge in [-0.25, -0.2) is 0 Å². The fraction of sp³-hybridized carbons (Fsp3) is 0.333. The summed E-state index contributed by atoms with van der Waals surface area (Å²) in [6.07, 6.45) is 2.25. The van der Waals surface area contributed by atoms with Gasteiger partial charge in [0.2, 0.25) is 0 Å². The van der Waals surface area contributed by atoms with E-state index in [-0.39, 0.29) is 38.2 Å². The molecule has 1 aromatic rings. The molecular formula is C12H14NY-. The fourth-order valence-electron chi connectivity index (χ4n) is 1.87. The minimum Gasteiger partial charge on any atom is -0.398 e. The van der Waals surface area contributed by atoms with Crippen molar-refractivity contribution in [2.45, 2.75) is 26.3 Å². The van der Waals surface area contributed by atoms with Crippen LogP contribution >= 0.6 is 0 Å². The maximum absolute atomic E-state index is 3.47. The van der Waals surface area contributed by atoms with E-state index in [2.05, 4.69) is 44.3 Å². The number of hydrogen-bond donors (Lipinski definition) is 1. The first-order valence-corrected chi connectivity index (χ1v) is 4.57. The first-order chi connectivity index (χ1) is 6.08. The second kappa shape index (κ2) is 4.16. The number of rotatable bonds is 0. The van der Waals surface area contributed by atoms with E-state index in [1.54, 1.807) is 0 Å². The monoisotopic (exact) mass is 261 g/mol. The molecule has 14 heavy (non-hydrogen) atoms. The Morgan fingerprint density at radius 1 is 1.36 bits per heavy atom. The average Bonchev–Trinajstić information content (AvgIpc) is 2.02. The van der Waals surface area contributed by atoms with Crippen LogP contribution in [-0.2, 0) is 32.7 Å². The summed E-state index contributed by atoms with van der Waals surface area (Å²) in [5.74, 6) is 0. The third-order valence-corrected chi connectivity index (χ3v) is 2.32. The van der Waals surface area contributed by atoms with Crippen LogP contribution in [-0.4, -0.2) is 5.54 Å². The normalized spacial score (nSPS) is 17.2. The van der Waals surface area contributed by atoms with E-state index in [0.29, 0.717) is 0 Å². The number of hydrogen-bond acceptors (Lipinski definition) is 1. The molecule has 0 fully saturated rings. The van der Waals surface area contributed by atoms with Gasteiger partial charge in [0.15, 0.2) is 0 Å². The van der Waals surface area contributed by atoms with Gasteiger partial charge in [-0.2, -0.15) is 18.2 Å². The van der Waals surface area contributed by atoms with E-state index in [9.17, 15) is 0 Å². The minimum absolute atomic E-state index is 0. The van der Waals surface area contributed by atoms with Gasteiger partial charge in [0.1, 0.15) is 0 Å². The molecule has 0 aliphatic carbocycles. The number of allylic oxidation sites excluding steroid dienone is 1. The first kappa shape index (κ1) is 11.9. The molecule has 1 nitrogen and oxygen atoms in total. The third kappa shape index (κ3) is 2.26. The molecule has 0 amide bonds. The molecule has 71 valence electrons. The summed E-state index contributed by atoms with van der Waals surface area (Å²) in [6, 6.07) is 9.15. The maximum atomic E-state index is 3.47. The van der Waals surface area contributed by atoms with Gasteiger partial charge in [0.25, 0.3) is 0 Å². The van der Waals surface area contributed by atoms with Gasteiger partial charge >= 0.3 is 0 Å². The van der Waals surface area contributed by atoms with Gasteiger partial charge in [0, 0.05) is 38.2 Å². The molecule has 1 N–H and O–H groups in total. The van der Waals surface area contributed by atoms with Crippen LogP contribution in [0.2, 0.25) is 0 Å². The van der Waals surface area contributed by atoms with Gasteiger partial charge in [-0.05, 0) is 13.8 Å². The predicted octanol–water partition coefficient (Wildman–Crippen LogP) is 3.09. The standard InChI is InChI=1S/C12H14N.Y/c1-9-8-12(2,3)13-11-7-5-4-6-10(9)11;/h5-8,13H,1-3H3;/q-1;. The van der Waals surface area contributed by atoms with Crippen LogP contribution in [0, 0.1) is 6.07 Å². The third-order valence-electron chi connectivity index (χ3n) is 2.32. The summed E-state index contributed by atoms with van der Waals surface area (Å²) in [5.41, 5.74) is 3.87. The molecule has 1 aromatic carbocycles. The van der Waals surface area contributed by atoms with Crippen molar-refractivity contribution in [3.8, 4) is 0 Å². The van der Waals surface area contributed by atoms with Crippen LogP contribution in [0.5, 0.6) is 0 Å². The van der Waals surface area contributed by atoms with Crippen LogP contribution in [0.4, 0.5) is 5.69 Å². The zero-order valence-electron chi connectivity index (χ0n) is 8.89. The van der Waals surface area contributed by atoms with Crippen molar-refractivity contribution in [3.05, 3.63) is 35.9 Å². The Hall–Kier alpha value is -0.136. The molecule has 1 radical (unpaired) electrons. The van der Waals surface area contributed by atoms with Crippen molar-refractivity contribution < 1.29 is 32.7 Å². The largest absolute Gasteiger partial charge is 0.398 e. The molecule has 0 aromatic heterocycles. The molecule has 0 saturated heterocycles. The van der Waals surface area contributed by atoms with Crippen LogP contribution in [0.15, 0.2) is 24.3 Å². The SMILES string of the molecule is CC1=CC(C)(C)Nc2cc[c-]cc21.[Y]. The predicted molar refractivity (Wildman–Crippen MR) is 56.6 cm³/mol. The Morgan fingerprint density at radius 2 is 2.07 bits per heavy atom. The number of benzene rings is 1. The van der Waals surface area contributed by atoms with Gasteiger partial charge < -0.3 is 5.32 Å².